The fourth-order valence-corrected chi connectivity index (χ4v) is 2.13. The first-order valence-corrected chi connectivity index (χ1v) is 6.67. The minimum absolute atomic E-state index is 0.199. The molecule has 0 aromatic heterocycles. The van der Waals surface area contributed by atoms with Crippen molar-refractivity contribution in [2.24, 2.45) is 5.10 Å². The molecule has 0 atom stereocenters. The molecule has 0 saturated heterocycles. The van der Waals surface area contributed by atoms with Gasteiger partial charge in [-0.1, -0.05) is 23.7 Å². The summed E-state index contributed by atoms with van der Waals surface area (Å²) in [6.45, 7) is 0.199. The SMILES string of the molecule is COc1cc(/C=N\Nc2ccccc2Cl)cc2c1OCO2. The Labute approximate surface area is 127 Å². The van der Waals surface area contributed by atoms with Gasteiger partial charge in [0.05, 0.1) is 24.0 Å². The third-order valence-corrected chi connectivity index (χ3v) is 3.28. The van der Waals surface area contributed by atoms with Gasteiger partial charge in [0.25, 0.3) is 0 Å². The predicted molar refractivity (Wildman–Crippen MR) is 81.8 cm³/mol. The molecule has 0 aliphatic carbocycles. The van der Waals surface area contributed by atoms with Crippen molar-refractivity contribution in [2.45, 2.75) is 0 Å². The third-order valence-electron chi connectivity index (χ3n) is 2.95. The lowest BCUT2D eigenvalue weighted by Gasteiger charge is -2.06. The van der Waals surface area contributed by atoms with E-state index >= 15 is 0 Å². The van der Waals surface area contributed by atoms with Crippen LogP contribution < -0.4 is 19.6 Å². The molecule has 0 spiro atoms. The van der Waals surface area contributed by atoms with Crippen molar-refractivity contribution < 1.29 is 14.2 Å². The number of halogens is 1. The molecule has 2 aromatic carbocycles. The molecule has 5 nitrogen and oxygen atoms in total. The highest BCUT2D eigenvalue weighted by molar-refractivity contribution is 6.33. The van der Waals surface area contributed by atoms with Gasteiger partial charge >= 0.3 is 0 Å². The number of nitrogens with zero attached hydrogens (tertiary/aromatic N) is 1. The Morgan fingerprint density at radius 1 is 1.29 bits per heavy atom. The van der Waals surface area contributed by atoms with Gasteiger partial charge < -0.3 is 14.2 Å². The zero-order valence-corrected chi connectivity index (χ0v) is 12.1. The van der Waals surface area contributed by atoms with Crippen molar-refractivity contribution in [2.75, 3.05) is 19.3 Å². The Balaban J connectivity index is 1.79. The number of ether oxygens (including phenoxy) is 3. The maximum atomic E-state index is 6.04. The van der Waals surface area contributed by atoms with Gasteiger partial charge in [-0.05, 0) is 24.3 Å². The standard InChI is InChI=1S/C15H13ClN2O3/c1-19-13-6-10(7-14-15(13)21-9-20-14)8-17-18-12-5-3-2-4-11(12)16/h2-8,18H,9H2,1H3/b17-8-. The van der Waals surface area contributed by atoms with Crippen molar-refractivity contribution in [3.8, 4) is 17.2 Å². The summed E-state index contributed by atoms with van der Waals surface area (Å²) in [6.07, 6.45) is 1.66. The van der Waals surface area contributed by atoms with Gasteiger partial charge in [0.2, 0.25) is 12.5 Å². The third kappa shape index (κ3) is 2.87. The largest absolute Gasteiger partial charge is 0.493 e. The van der Waals surface area contributed by atoms with E-state index in [0.717, 1.165) is 11.3 Å². The highest BCUT2D eigenvalue weighted by Gasteiger charge is 2.19. The molecule has 3 rings (SSSR count). The van der Waals surface area contributed by atoms with Crippen LogP contribution in [0.1, 0.15) is 5.56 Å². The molecule has 1 N–H and O–H groups in total. The number of hydrogen-bond donors (Lipinski definition) is 1. The number of nitrogens with one attached hydrogen (secondary N) is 1. The Kier molecular flexibility index (Phi) is 3.83. The van der Waals surface area contributed by atoms with Crippen LogP contribution in [0.4, 0.5) is 5.69 Å². The van der Waals surface area contributed by atoms with Crippen LogP contribution >= 0.6 is 11.6 Å². The zero-order valence-electron chi connectivity index (χ0n) is 11.3. The first-order valence-electron chi connectivity index (χ1n) is 6.29. The molecule has 2 aromatic rings. The van der Waals surface area contributed by atoms with Crippen LogP contribution in [0.2, 0.25) is 5.02 Å². The molecule has 0 amide bonds. The highest BCUT2D eigenvalue weighted by Crippen LogP contribution is 2.41. The van der Waals surface area contributed by atoms with Gasteiger partial charge in [0.1, 0.15) is 0 Å². The molecule has 0 fully saturated rings. The van der Waals surface area contributed by atoms with Crippen molar-refractivity contribution in [3.63, 3.8) is 0 Å². The van der Waals surface area contributed by atoms with Gasteiger partial charge in [-0.15, -0.1) is 0 Å². The average Bonchev–Trinajstić information content (AvgIpc) is 2.97. The summed E-state index contributed by atoms with van der Waals surface area (Å²) in [7, 11) is 1.58. The molecule has 1 heterocycles. The average molecular weight is 305 g/mol. The molecular formula is C15H13ClN2O3. The molecule has 0 saturated carbocycles. The van der Waals surface area contributed by atoms with Crippen LogP contribution in [0.3, 0.4) is 0 Å². The lowest BCUT2D eigenvalue weighted by Crippen LogP contribution is -1.94. The fourth-order valence-electron chi connectivity index (χ4n) is 1.95. The number of hydrogen-bond acceptors (Lipinski definition) is 5. The number of rotatable bonds is 4. The lowest BCUT2D eigenvalue weighted by molar-refractivity contribution is 0.171. The Hall–Kier alpha value is -2.40. The van der Waals surface area contributed by atoms with E-state index in [4.69, 9.17) is 25.8 Å². The smallest absolute Gasteiger partial charge is 0.231 e. The van der Waals surface area contributed by atoms with Crippen LogP contribution in [0, 0.1) is 0 Å². The summed E-state index contributed by atoms with van der Waals surface area (Å²) in [5.41, 5.74) is 4.46. The van der Waals surface area contributed by atoms with E-state index in [1.54, 1.807) is 19.4 Å². The normalized spacial score (nSPS) is 12.7. The first-order chi connectivity index (χ1) is 10.3. The molecular weight excluding hydrogens is 292 g/mol. The van der Waals surface area contributed by atoms with E-state index in [1.165, 1.54) is 0 Å². The van der Waals surface area contributed by atoms with Crippen molar-refractivity contribution >= 4 is 23.5 Å². The number of methoxy groups -OCH3 is 1. The first kappa shape index (κ1) is 13.6. The van der Waals surface area contributed by atoms with Gasteiger partial charge in [-0.25, -0.2) is 0 Å². The van der Waals surface area contributed by atoms with E-state index in [0.29, 0.717) is 22.3 Å². The van der Waals surface area contributed by atoms with Crippen molar-refractivity contribution in [1.82, 2.24) is 0 Å². The quantitative estimate of drug-likeness (QED) is 0.693. The van der Waals surface area contributed by atoms with Gasteiger partial charge in [-0.2, -0.15) is 5.10 Å². The molecule has 0 unspecified atom stereocenters. The summed E-state index contributed by atoms with van der Waals surface area (Å²) in [5.74, 6) is 1.88. The molecule has 0 bridgehead atoms. The van der Waals surface area contributed by atoms with Crippen LogP contribution in [0.15, 0.2) is 41.5 Å². The van der Waals surface area contributed by atoms with Crippen LogP contribution in [0.25, 0.3) is 0 Å². The van der Waals surface area contributed by atoms with Crippen LogP contribution in [-0.4, -0.2) is 20.1 Å². The number of benzene rings is 2. The molecule has 108 valence electrons. The molecule has 1 aliphatic rings. The second-order valence-corrected chi connectivity index (χ2v) is 4.71. The molecule has 1 aliphatic heterocycles. The van der Waals surface area contributed by atoms with Gasteiger partial charge in [0.15, 0.2) is 11.5 Å². The molecule has 0 radical (unpaired) electrons. The number of anilines is 1. The number of hydrazone groups is 1. The predicted octanol–water partition coefficient (Wildman–Crippen LogP) is 3.52. The van der Waals surface area contributed by atoms with E-state index in [1.807, 2.05) is 30.3 Å². The fraction of sp³-hybridized carbons (Fsp3) is 0.133. The summed E-state index contributed by atoms with van der Waals surface area (Å²) >= 11 is 6.04. The second kappa shape index (κ2) is 5.93. The Bertz CT molecular complexity index is 689. The maximum absolute atomic E-state index is 6.04. The summed E-state index contributed by atoms with van der Waals surface area (Å²) in [4.78, 5) is 0. The topological polar surface area (TPSA) is 52.1 Å². The summed E-state index contributed by atoms with van der Waals surface area (Å²) < 4.78 is 16.0. The maximum Gasteiger partial charge on any atom is 0.231 e. The van der Waals surface area contributed by atoms with E-state index < -0.39 is 0 Å². The second-order valence-electron chi connectivity index (χ2n) is 4.31. The Morgan fingerprint density at radius 2 is 2.14 bits per heavy atom. The highest BCUT2D eigenvalue weighted by atomic mass is 35.5. The number of fused-ring (bicyclic) bond motifs is 1. The van der Waals surface area contributed by atoms with Crippen LogP contribution in [-0.2, 0) is 0 Å². The van der Waals surface area contributed by atoms with Crippen molar-refractivity contribution in [1.29, 1.82) is 0 Å². The van der Waals surface area contributed by atoms with Crippen molar-refractivity contribution in [3.05, 3.63) is 47.0 Å². The molecule has 21 heavy (non-hydrogen) atoms. The minimum Gasteiger partial charge on any atom is -0.493 e. The van der Waals surface area contributed by atoms with Gasteiger partial charge in [-0.3, -0.25) is 5.43 Å². The number of para-hydroxylation sites is 1. The van der Waals surface area contributed by atoms with E-state index in [2.05, 4.69) is 10.5 Å². The summed E-state index contributed by atoms with van der Waals surface area (Å²) in [5, 5.41) is 4.77. The monoisotopic (exact) mass is 304 g/mol. The zero-order chi connectivity index (χ0) is 14.7. The minimum atomic E-state index is 0.199. The molecule has 6 heteroatoms. The Morgan fingerprint density at radius 3 is 2.95 bits per heavy atom. The van der Waals surface area contributed by atoms with Gasteiger partial charge in [0, 0.05) is 5.56 Å². The van der Waals surface area contributed by atoms with E-state index in [-0.39, 0.29) is 6.79 Å². The lowest BCUT2D eigenvalue weighted by atomic mass is 10.2. The van der Waals surface area contributed by atoms with Crippen LogP contribution in [0.5, 0.6) is 17.2 Å². The summed E-state index contributed by atoms with van der Waals surface area (Å²) in [6, 6.07) is 11.0. The van der Waals surface area contributed by atoms with E-state index in [9.17, 15) is 0 Å².